The molecule has 1 saturated heterocycles. The molecule has 0 radical (unpaired) electrons. The van der Waals surface area contributed by atoms with Crippen molar-refractivity contribution in [2.45, 2.75) is 160 Å². The van der Waals surface area contributed by atoms with Crippen molar-refractivity contribution in [3.05, 3.63) is 71.3 Å². The van der Waals surface area contributed by atoms with Crippen molar-refractivity contribution in [1.29, 1.82) is 0 Å². The minimum atomic E-state index is -1.33. The van der Waals surface area contributed by atoms with Gasteiger partial charge in [-0.3, -0.25) is 33.8 Å². The molecule has 8 atom stereocenters. The Hall–Kier alpha value is -4.90. The number of unbranched alkanes of at least 4 members (excludes halogenated alkanes) is 1. The number of rotatable bonds is 27. The number of benzene rings is 2. The van der Waals surface area contributed by atoms with Crippen molar-refractivity contribution in [2.24, 2.45) is 23.7 Å². The minimum absolute atomic E-state index is 0.111. The predicted molar refractivity (Wildman–Crippen MR) is 277 cm³/mol. The van der Waals surface area contributed by atoms with Gasteiger partial charge in [-0.05, 0) is 130 Å². The Morgan fingerprint density at radius 3 is 1.96 bits per heavy atom. The standard InChI is InChI=1S/C56H85N7O9/c1-37(2)35-63(48-34-39-20-21-42(48)32-39)27-11-10-18-44(52(67)60-47(36-64)55(70)71-6)57-51(66)45(19-13-26-62-28-30-72-31-29-62)58-54(69)49(40-16-12-17-40)61-53(68)46(33-38-14-8-7-9-15-38)59-50(65)41-22-24-43(25-23-41)56(3,4)5/h7-9,14-15,22-25,37,39-40,42,44-49,64H,10-13,16-21,26-36H2,1-6H3,(H,57,66)(H,58,69)(H,59,65)(H,60,67)(H,61,68)/t39?,42?,44-,45-,46-,47-,48?,49-/m0/s1. The SMILES string of the molecule is COC(=O)[C@H](CO)NC(=O)[C@H](CCCCN(CC(C)C)C1CC2CCC1C2)NC(=O)[C@H](CCCN1CCOCC1)NC(=O)[C@@H](NC(=O)[C@H](Cc1ccccc1)NC(=O)c1ccc(C(C)(C)C)cc1)C1CCC1. The number of hydrogen-bond acceptors (Lipinski definition) is 11. The quantitative estimate of drug-likeness (QED) is 0.0536. The van der Waals surface area contributed by atoms with Crippen molar-refractivity contribution < 1.29 is 43.3 Å². The van der Waals surface area contributed by atoms with E-state index in [1.165, 1.54) is 32.8 Å². The summed E-state index contributed by atoms with van der Waals surface area (Å²) < 4.78 is 10.4. The molecule has 5 amide bonds. The fourth-order valence-corrected chi connectivity index (χ4v) is 11.0. The molecule has 0 spiro atoms. The van der Waals surface area contributed by atoms with Crippen LogP contribution in [-0.2, 0) is 45.3 Å². The number of nitrogens with zero attached hydrogens (tertiary/aromatic N) is 2. The average molecular weight is 1000 g/mol. The summed E-state index contributed by atoms with van der Waals surface area (Å²) in [4.78, 5) is 89.0. The van der Waals surface area contributed by atoms with Crippen LogP contribution < -0.4 is 26.6 Å². The molecule has 0 aromatic heterocycles. The molecule has 72 heavy (non-hydrogen) atoms. The highest BCUT2D eigenvalue weighted by atomic mass is 16.5. The normalized spacial score (nSPS) is 21.2. The van der Waals surface area contributed by atoms with Gasteiger partial charge in [0.2, 0.25) is 23.6 Å². The van der Waals surface area contributed by atoms with Gasteiger partial charge in [-0.1, -0.05) is 89.9 Å². The summed E-state index contributed by atoms with van der Waals surface area (Å²) >= 11 is 0. The van der Waals surface area contributed by atoms with E-state index in [0.29, 0.717) is 63.0 Å². The number of hydrogen-bond donors (Lipinski definition) is 6. The van der Waals surface area contributed by atoms with Gasteiger partial charge in [0.1, 0.15) is 24.2 Å². The first kappa shape index (κ1) is 56.4. The molecule has 1 aliphatic heterocycles. The zero-order chi connectivity index (χ0) is 51.8. The lowest BCUT2D eigenvalue weighted by molar-refractivity contribution is -0.146. The van der Waals surface area contributed by atoms with Crippen LogP contribution in [-0.4, -0.2) is 146 Å². The Labute approximate surface area is 428 Å². The fourth-order valence-electron chi connectivity index (χ4n) is 11.0. The number of aliphatic hydroxyl groups is 1. The predicted octanol–water partition coefficient (Wildman–Crippen LogP) is 4.66. The number of nitrogens with one attached hydrogen (secondary N) is 5. The first-order valence-corrected chi connectivity index (χ1v) is 26.9. The highest BCUT2D eigenvalue weighted by molar-refractivity contribution is 5.99. The molecule has 2 aromatic rings. The van der Waals surface area contributed by atoms with E-state index in [4.69, 9.17) is 9.47 Å². The van der Waals surface area contributed by atoms with Crippen LogP contribution in [0.3, 0.4) is 0 Å². The first-order valence-electron chi connectivity index (χ1n) is 26.9. The van der Waals surface area contributed by atoms with Crippen LogP contribution in [0.15, 0.2) is 54.6 Å². The van der Waals surface area contributed by atoms with E-state index in [-0.39, 0.29) is 30.6 Å². The Bertz CT molecular complexity index is 2070. The number of ether oxygens (including phenoxy) is 2. The topological polar surface area (TPSA) is 208 Å². The van der Waals surface area contributed by atoms with Crippen LogP contribution in [0, 0.1) is 23.7 Å². The van der Waals surface area contributed by atoms with E-state index >= 15 is 0 Å². The van der Waals surface area contributed by atoms with Gasteiger partial charge in [0.15, 0.2) is 6.04 Å². The van der Waals surface area contributed by atoms with E-state index in [0.717, 1.165) is 62.0 Å². The third kappa shape index (κ3) is 16.6. The van der Waals surface area contributed by atoms with Gasteiger partial charge in [-0.25, -0.2) is 4.79 Å². The molecule has 2 aromatic carbocycles. The maximum atomic E-state index is 14.7. The first-order chi connectivity index (χ1) is 34.5. The molecule has 3 unspecified atom stereocenters. The summed E-state index contributed by atoms with van der Waals surface area (Å²) in [6.45, 7) is 15.3. The van der Waals surface area contributed by atoms with Crippen LogP contribution in [0.2, 0.25) is 0 Å². The number of esters is 1. The molecule has 6 N–H and O–H groups in total. The second kappa shape index (κ2) is 27.4. The molecule has 6 rings (SSSR count). The average Bonchev–Trinajstić information content (AvgIpc) is 3.99. The van der Waals surface area contributed by atoms with Crippen molar-refractivity contribution in [3.63, 3.8) is 0 Å². The zero-order valence-corrected chi connectivity index (χ0v) is 43.9. The smallest absolute Gasteiger partial charge is 0.330 e. The van der Waals surface area contributed by atoms with Crippen molar-refractivity contribution in [3.8, 4) is 0 Å². The zero-order valence-electron chi connectivity index (χ0n) is 43.9. The monoisotopic (exact) mass is 1000 g/mol. The molecule has 16 heteroatoms. The van der Waals surface area contributed by atoms with Gasteiger partial charge in [-0.2, -0.15) is 0 Å². The maximum Gasteiger partial charge on any atom is 0.330 e. The molecule has 4 aliphatic rings. The molecule has 3 aliphatic carbocycles. The van der Waals surface area contributed by atoms with Crippen LogP contribution in [0.5, 0.6) is 0 Å². The summed E-state index contributed by atoms with van der Waals surface area (Å²) in [7, 11) is 1.17. The molecule has 16 nitrogen and oxygen atoms in total. The van der Waals surface area contributed by atoms with E-state index in [2.05, 4.69) is 71.0 Å². The molecule has 398 valence electrons. The summed E-state index contributed by atoms with van der Waals surface area (Å²) in [6.07, 6.45) is 9.99. The van der Waals surface area contributed by atoms with E-state index < -0.39 is 72.3 Å². The van der Waals surface area contributed by atoms with Gasteiger partial charge in [0.05, 0.1) is 26.9 Å². The summed E-state index contributed by atoms with van der Waals surface area (Å²) in [6, 6.07) is 11.7. The Morgan fingerprint density at radius 1 is 0.750 bits per heavy atom. The summed E-state index contributed by atoms with van der Waals surface area (Å²) in [5.41, 5.74) is 2.19. The summed E-state index contributed by atoms with van der Waals surface area (Å²) in [5, 5.41) is 24.5. The second-order valence-electron chi connectivity index (χ2n) is 22.3. The summed E-state index contributed by atoms with van der Waals surface area (Å²) in [5.74, 6) is -1.67. The fraction of sp³-hybridized carbons (Fsp3) is 0.679. The second-order valence-corrected chi connectivity index (χ2v) is 22.3. The molecular formula is C56H85N7O9. The lowest BCUT2D eigenvalue weighted by atomic mass is 9.79. The molecule has 1 heterocycles. The lowest BCUT2D eigenvalue weighted by Gasteiger charge is -2.36. The van der Waals surface area contributed by atoms with Gasteiger partial charge < -0.3 is 41.2 Å². The van der Waals surface area contributed by atoms with E-state index in [1.54, 1.807) is 12.1 Å². The highest BCUT2D eigenvalue weighted by Gasteiger charge is 2.42. The highest BCUT2D eigenvalue weighted by Crippen LogP contribution is 2.47. The number of methoxy groups -OCH3 is 1. The number of morpholine rings is 1. The Morgan fingerprint density at radius 2 is 1.39 bits per heavy atom. The number of carbonyl (C=O) groups excluding carboxylic acids is 6. The number of fused-ring (bicyclic) bond motifs is 2. The van der Waals surface area contributed by atoms with Gasteiger partial charge in [0.25, 0.3) is 5.91 Å². The largest absolute Gasteiger partial charge is 0.467 e. The van der Waals surface area contributed by atoms with Gasteiger partial charge in [0, 0.05) is 37.7 Å². The molecular weight excluding hydrogens is 915 g/mol. The van der Waals surface area contributed by atoms with E-state index in [9.17, 15) is 33.9 Å². The van der Waals surface area contributed by atoms with Crippen LogP contribution >= 0.6 is 0 Å². The van der Waals surface area contributed by atoms with Crippen molar-refractivity contribution in [2.75, 3.05) is 59.7 Å². The van der Waals surface area contributed by atoms with Crippen LogP contribution in [0.1, 0.15) is 133 Å². The number of amides is 5. The Kier molecular flexibility index (Phi) is 21.5. The number of aliphatic hydroxyl groups excluding tert-OH is 1. The number of carbonyl (C=O) groups is 6. The van der Waals surface area contributed by atoms with Gasteiger partial charge >= 0.3 is 5.97 Å². The molecule has 4 fully saturated rings. The van der Waals surface area contributed by atoms with Crippen molar-refractivity contribution >= 4 is 35.5 Å². The third-order valence-electron chi connectivity index (χ3n) is 15.4. The lowest BCUT2D eigenvalue weighted by Crippen LogP contribution is -2.61. The Balaban J connectivity index is 1.19. The van der Waals surface area contributed by atoms with Crippen LogP contribution in [0.4, 0.5) is 0 Å². The van der Waals surface area contributed by atoms with Gasteiger partial charge in [-0.15, -0.1) is 0 Å². The maximum absolute atomic E-state index is 14.7. The molecule has 2 bridgehead atoms. The van der Waals surface area contributed by atoms with E-state index in [1.807, 2.05) is 42.5 Å². The molecule has 3 saturated carbocycles. The minimum Gasteiger partial charge on any atom is -0.467 e. The third-order valence-corrected chi connectivity index (χ3v) is 15.4. The van der Waals surface area contributed by atoms with Crippen LogP contribution in [0.25, 0.3) is 0 Å². The van der Waals surface area contributed by atoms with Crippen molar-refractivity contribution in [1.82, 2.24) is 36.4 Å².